The number of hydrogen-bond acceptors (Lipinski definition) is 3. The zero-order valence-corrected chi connectivity index (χ0v) is 13.7. The molecule has 0 fully saturated rings. The smallest absolute Gasteiger partial charge is 0.267 e. The highest BCUT2D eigenvalue weighted by atomic mass is 79.9. The predicted molar refractivity (Wildman–Crippen MR) is 93.1 cm³/mol. The summed E-state index contributed by atoms with van der Waals surface area (Å²) in [6.07, 6.45) is 0. The molecule has 0 spiro atoms. The molecule has 1 heterocycles. The number of amides is 1. The van der Waals surface area contributed by atoms with Crippen LogP contribution in [0.3, 0.4) is 0 Å². The Balaban J connectivity index is 1.95. The number of thiophene rings is 1. The van der Waals surface area contributed by atoms with E-state index in [0.717, 1.165) is 25.8 Å². The van der Waals surface area contributed by atoms with Crippen LogP contribution in [0.1, 0.15) is 15.2 Å². The molecule has 3 nitrogen and oxygen atoms in total. The first-order valence-corrected chi connectivity index (χ1v) is 8.01. The second-order valence-corrected chi connectivity index (χ2v) is 6.72. The molecule has 0 radical (unpaired) electrons. The van der Waals surface area contributed by atoms with Crippen LogP contribution < -0.4 is 11.1 Å². The number of fused-ring (bicyclic) bond motifs is 1. The Kier molecular flexibility index (Phi) is 3.69. The quantitative estimate of drug-likeness (QED) is 0.688. The first-order valence-electron chi connectivity index (χ1n) is 6.41. The van der Waals surface area contributed by atoms with E-state index in [1.165, 1.54) is 11.3 Å². The van der Waals surface area contributed by atoms with Crippen molar-refractivity contribution in [2.45, 2.75) is 6.92 Å². The van der Waals surface area contributed by atoms with Gasteiger partial charge in [0.2, 0.25) is 0 Å². The molecule has 0 aliphatic carbocycles. The van der Waals surface area contributed by atoms with Crippen LogP contribution in [0.25, 0.3) is 10.1 Å². The number of aryl methyl sites for hydroxylation is 1. The van der Waals surface area contributed by atoms with E-state index >= 15 is 0 Å². The fraction of sp³-hybridized carbons (Fsp3) is 0.0625. The molecule has 5 heteroatoms. The SMILES string of the molecule is Cc1cc(Br)ccc1NC(=O)c1sc2ccccc2c1N. The largest absolute Gasteiger partial charge is 0.397 e. The molecule has 0 saturated heterocycles. The van der Waals surface area contributed by atoms with Crippen LogP contribution >= 0.6 is 27.3 Å². The Hall–Kier alpha value is -1.85. The van der Waals surface area contributed by atoms with Crippen molar-refractivity contribution in [1.82, 2.24) is 0 Å². The average Bonchev–Trinajstić information content (AvgIpc) is 2.80. The monoisotopic (exact) mass is 360 g/mol. The summed E-state index contributed by atoms with van der Waals surface area (Å²) in [7, 11) is 0. The molecule has 1 aromatic heterocycles. The molecule has 1 amide bonds. The van der Waals surface area contributed by atoms with Gasteiger partial charge in [0, 0.05) is 20.2 Å². The van der Waals surface area contributed by atoms with E-state index < -0.39 is 0 Å². The van der Waals surface area contributed by atoms with E-state index in [9.17, 15) is 4.79 Å². The molecule has 0 aliphatic rings. The van der Waals surface area contributed by atoms with Gasteiger partial charge in [0.25, 0.3) is 5.91 Å². The third-order valence-electron chi connectivity index (χ3n) is 3.28. The second kappa shape index (κ2) is 5.50. The van der Waals surface area contributed by atoms with Gasteiger partial charge in [-0.2, -0.15) is 0 Å². The Bertz CT molecular complexity index is 841. The highest BCUT2D eigenvalue weighted by molar-refractivity contribution is 9.10. The minimum Gasteiger partial charge on any atom is -0.397 e. The van der Waals surface area contributed by atoms with Crippen LogP contribution in [0.2, 0.25) is 0 Å². The fourth-order valence-corrected chi connectivity index (χ4v) is 3.67. The Morgan fingerprint density at radius 3 is 2.71 bits per heavy atom. The Morgan fingerprint density at radius 1 is 1.24 bits per heavy atom. The van der Waals surface area contributed by atoms with Gasteiger partial charge in [-0.1, -0.05) is 34.1 Å². The molecule has 21 heavy (non-hydrogen) atoms. The van der Waals surface area contributed by atoms with E-state index in [4.69, 9.17) is 5.73 Å². The van der Waals surface area contributed by atoms with E-state index in [2.05, 4.69) is 21.2 Å². The number of nitrogen functional groups attached to an aromatic ring is 1. The highest BCUT2D eigenvalue weighted by Gasteiger charge is 2.16. The van der Waals surface area contributed by atoms with Crippen molar-refractivity contribution in [3.63, 3.8) is 0 Å². The van der Waals surface area contributed by atoms with Crippen LogP contribution in [0.5, 0.6) is 0 Å². The highest BCUT2D eigenvalue weighted by Crippen LogP contribution is 2.34. The molecule has 3 aromatic rings. The first kappa shape index (κ1) is 14.1. The number of hydrogen-bond donors (Lipinski definition) is 2. The minimum absolute atomic E-state index is 0.167. The molecular weight excluding hydrogens is 348 g/mol. The lowest BCUT2D eigenvalue weighted by Crippen LogP contribution is -2.12. The molecule has 0 atom stereocenters. The number of anilines is 2. The van der Waals surface area contributed by atoms with Gasteiger partial charge in [-0.15, -0.1) is 11.3 Å². The molecule has 3 rings (SSSR count). The van der Waals surface area contributed by atoms with Gasteiger partial charge in [-0.3, -0.25) is 4.79 Å². The molecule has 3 N–H and O–H groups in total. The topological polar surface area (TPSA) is 55.1 Å². The lowest BCUT2D eigenvalue weighted by molar-refractivity contribution is 0.103. The molecule has 0 unspecified atom stereocenters. The third kappa shape index (κ3) is 2.66. The van der Waals surface area contributed by atoms with Gasteiger partial charge in [0.1, 0.15) is 4.88 Å². The number of nitrogens with two attached hydrogens (primary N) is 1. The van der Waals surface area contributed by atoms with Crippen LogP contribution in [0, 0.1) is 6.92 Å². The summed E-state index contributed by atoms with van der Waals surface area (Å²) in [5.74, 6) is -0.167. The fourth-order valence-electron chi connectivity index (χ4n) is 2.18. The zero-order chi connectivity index (χ0) is 15.0. The van der Waals surface area contributed by atoms with Crippen LogP contribution in [0.15, 0.2) is 46.9 Å². The summed E-state index contributed by atoms with van der Waals surface area (Å²) in [4.78, 5) is 13.0. The van der Waals surface area contributed by atoms with Gasteiger partial charge in [-0.05, 0) is 36.8 Å². The van der Waals surface area contributed by atoms with Crippen LogP contribution in [-0.2, 0) is 0 Å². The summed E-state index contributed by atoms with van der Waals surface area (Å²) >= 11 is 4.83. The number of halogens is 1. The average molecular weight is 361 g/mol. The predicted octanol–water partition coefficient (Wildman–Crippen LogP) is 4.81. The van der Waals surface area contributed by atoms with Crippen molar-refractivity contribution >= 4 is 54.6 Å². The van der Waals surface area contributed by atoms with Gasteiger partial charge in [-0.25, -0.2) is 0 Å². The van der Waals surface area contributed by atoms with E-state index in [1.54, 1.807) is 0 Å². The minimum atomic E-state index is -0.167. The summed E-state index contributed by atoms with van der Waals surface area (Å²) in [6, 6.07) is 13.5. The van der Waals surface area contributed by atoms with Gasteiger partial charge in [0.15, 0.2) is 0 Å². The summed E-state index contributed by atoms with van der Waals surface area (Å²) in [5, 5.41) is 3.86. The van der Waals surface area contributed by atoms with Crippen molar-refractivity contribution in [2.24, 2.45) is 0 Å². The molecule has 2 aromatic carbocycles. The molecule has 106 valence electrons. The van der Waals surface area contributed by atoms with E-state index in [0.29, 0.717) is 10.6 Å². The van der Waals surface area contributed by atoms with Crippen molar-refractivity contribution < 1.29 is 4.79 Å². The van der Waals surface area contributed by atoms with Crippen molar-refractivity contribution in [3.05, 3.63) is 57.4 Å². The number of rotatable bonds is 2. The molecule has 0 bridgehead atoms. The Morgan fingerprint density at radius 2 is 2.00 bits per heavy atom. The summed E-state index contributed by atoms with van der Waals surface area (Å²) < 4.78 is 2.01. The molecular formula is C16H13BrN2OS. The second-order valence-electron chi connectivity index (χ2n) is 4.75. The number of carbonyl (C=O) groups is 1. The van der Waals surface area contributed by atoms with Gasteiger partial charge < -0.3 is 11.1 Å². The first-order chi connectivity index (χ1) is 10.1. The number of carbonyl (C=O) groups excluding carboxylic acids is 1. The Labute approximate surface area is 134 Å². The lowest BCUT2D eigenvalue weighted by atomic mass is 10.2. The van der Waals surface area contributed by atoms with E-state index in [1.807, 2.05) is 49.4 Å². The maximum absolute atomic E-state index is 12.4. The number of nitrogens with one attached hydrogen (secondary N) is 1. The lowest BCUT2D eigenvalue weighted by Gasteiger charge is -2.08. The molecule has 0 aliphatic heterocycles. The maximum Gasteiger partial charge on any atom is 0.267 e. The molecule has 0 saturated carbocycles. The van der Waals surface area contributed by atoms with Crippen molar-refractivity contribution in [1.29, 1.82) is 0 Å². The normalized spacial score (nSPS) is 10.8. The summed E-state index contributed by atoms with van der Waals surface area (Å²) in [5.41, 5.74) is 8.43. The zero-order valence-electron chi connectivity index (χ0n) is 11.3. The third-order valence-corrected chi connectivity index (χ3v) is 4.96. The number of benzene rings is 2. The maximum atomic E-state index is 12.4. The van der Waals surface area contributed by atoms with E-state index in [-0.39, 0.29) is 5.91 Å². The van der Waals surface area contributed by atoms with Crippen molar-refractivity contribution in [3.8, 4) is 0 Å². The van der Waals surface area contributed by atoms with Crippen LogP contribution in [0.4, 0.5) is 11.4 Å². The van der Waals surface area contributed by atoms with Crippen LogP contribution in [-0.4, -0.2) is 5.91 Å². The van der Waals surface area contributed by atoms with Gasteiger partial charge >= 0.3 is 0 Å². The summed E-state index contributed by atoms with van der Waals surface area (Å²) in [6.45, 7) is 1.95. The van der Waals surface area contributed by atoms with Gasteiger partial charge in [0.05, 0.1) is 5.69 Å². The van der Waals surface area contributed by atoms with Crippen molar-refractivity contribution in [2.75, 3.05) is 11.1 Å². The standard InChI is InChI=1S/C16H13BrN2OS/c1-9-8-10(17)6-7-12(9)19-16(20)15-14(18)11-4-2-3-5-13(11)21-15/h2-8H,18H2,1H3,(H,19,20).